The van der Waals surface area contributed by atoms with E-state index in [1.165, 1.54) is 0 Å². The normalized spacial score (nSPS) is 10.2. The maximum absolute atomic E-state index is 5.56. The molecule has 0 aliphatic heterocycles. The number of para-hydroxylation sites is 1. The standard InChI is InChI=1S/C10H13N5/c1-2-12-10-13-9(11)14-15(10)8-6-4-3-5-7-8/h3-7H,2H2,1H3,(H3,11,12,13,14). The van der Waals surface area contributed by atoms with Crippen molar-refractivity contribution in [1.29, 1.82) is 0 Å². The average molecular weight is 203 g/mol. The molecule has 0 amide bonds. The molecule has 2 rings (SSSR count). The van der Waals surface area contributed by atoms with Gasteiger partial charge in [-0.3, -0.25) is 0 Å². The molecule has 5 nitrogen and oxygen atoms in total. The summed E-state index contributed by atoms with van der Waals surface area (Å²) in [5.74, 6) is 0.941. The lowest BCUT2D eigenvalue weighted by molar-refractivity contribution is 0.881. The zero-order valence-corrected chi connectivity index (χ0v) is 8.51. The first kappa shape index (κ1) is 9.51. The lowest BCUT2D eigenvalue weighted by Gasteiger charge is -2.05. The van der Waals surface area contributed by atoms with Gasteiger partial charge in [0.15, 0.2) is 0 Å². The SMILES string of the molecule is CCNc1nc(N)nn1-c1ccccc1. The molecular weight excluding hydrogens is 190 g/mol. The molecule has 15 heavy (non-hydrogen) atoms. The Bertz CT molecular complexity index is 434. The van der Waals surface area contributed by atoms with Gasteiger partial charge in [-0.25, -0.2) is 0 Å². The number of nitrogens with two attached hydrogens (primary N) is 1. The Balaban J connectivity index is 2.43. The van der Waals surface area contributed by atoms with Crippen LogP contribution in [0.3, 0.4) is 0 Å². The van der Waals surface area contributed by atoms with Crippen molar-refractivity contribution in [1.82, 2.24) is 14.8 Å². The molecule has 0 unspecified atom stereocenters. The minimum atomic E-state index is 0.273. The third-order valence-corrected chi connectivity index (χ3v) is 1.96. The lowest BCUT2D eigenvalue weighted by Crippen LogP contribution is -2.06. The van der Waals surface area contributed by atoms with Crippen LogP contribution in [0.4, 0.5) is 11.9 Å². The Morgan fingerprint density at radius 3 is 2.73 bits per heavy atom. The minimum Gasteiger partial charge on any atom is -0.366 e. The predicted octanol–water partition coefficient (Wildman–Crippen LogP) is 1.28. The number of nitrogens with zero attached hydrogens (tertiary/aromatic N) is 3. The summed E-state index contributed by atoms with van der Waals surface area (Å²) in [6, 6.07) is 9.76. The summed E-state index contributed by atoms with van der Waals surface area (Å²) in [6.45, 7) is 2.78. The number of hydrogen-bond acceptors (Lipinski definition) is 4. The zero-order chi connectivity index (χ0) is 10.7. The van der Waals surface area contributed by atoms with E-state index < -0.39 is 0 Å². The van der Waals surface area contributed by atoms with Crippen molar-refractivity contribution in [2.24, 2.45) is 0 Å². The Hall–Kier alpha value is -2.04. The van der Waals surface area contributed by atoms with Crippen LogP contribution in [0.2, 0.25) is 0 Å². The molecule has 5 heteroatoms. The number of nitrogen functional groups attached to an aromatic ring is 1. The first-order chi connectivity index (χ1) is 7.31. The number of nitrogens with one attached hydrogen (secondary N) is 1. The third kappa shape index (κ3) is 1.90. The minimum absolute atomic E-state index is 0.273. The van der Waals surface area contributed by atoms with Gasteiger partial charge in [0.1, 0.15) is 0 Å². The van der Waals surface area contributed by atoms with Crippen LogP contribution < -0.4 is 11.1 Å². The largest absolute Gasteiger partial charge is 0.366 e. The number of anilines is 2. The van der Waals surface area contributed by atoms with Gasteiger partial charge in [0, 0.05) is 6.54 Å². The molecule has 0 aliphatic carbocycles. The highest BCUT2D eigenvalue weighted by atomic mass is 15.4. The van der Waals surface area contributed by atoms with Crippen molar-refractivity contribution in [2.45, 2.75) is 6.92 Å². The van der Waals surface area contributed by atoms with E-state index in [9.17, 15) is 0 Å². The molecule has 1 aromatic heterocycles. The number of benzene rings is 1. The van der Waals surface area contributed by atoms with Gasteiger partial charge in [-0.15, -0.1) is 5.10 Å². The summed E-state index contributed by atoms with van der Waals surface area (Å²) in [4.78, 5) is 4.10. The first-order valence-corrected chi connectivity index (χ1v) is 4.83. The molecule has 0 atom stereocenters. The van der Waals surface area contributed by atoms with Crippen molar-refractivity contribution in [3.63, 3.8) is 0 Å². The monoisotopic (exact) mass is 203 g/mol. The van der Waals surface area contributed by atoms with Gasteiger partial charge in [-0.1, -0.05) is 18.2 Å². The summed E-state index contributed by atoms with van der Waals surface area (Å²) in [5, 5.41) is 7.23. The maximum Gasteiger partial charge on any atom is 0.241 e. The van der Waals surface area contributed by atoms with Crippen LogP contribution in [-0.4, -0.2) is 21.3 Å². The molecular formula is C10H13N5. The average Bonchev–Trinajstić information content (AvgIpc) is 2.62. The van der Waals surface area contributed by atoms with Crippen LogP contribution >= 0.6 is 0 Å². The third-order valence-electron chi connectivity index (χ3n) is 1.96. The molecule has 1 aromatic carbocycles. The highest BCUT2D eigenvalue weighted by Gasteiger charge is 2.07. The molecule has 78 valence electrons. The van der Waals surface area contributed by atoms with Gasteiger partial charge < -0.3 is 11.1 Å². The summed E-state index contributed by atoms with van der Waals surface area (Å²) < 4.78 is 1.69. The van der Waals surface area contributed by atoms with E-state index in [0.717, 1.165) is 12.2 Å². The van der Waals surface area contributed by atoms with E-state index in [0.29, 0.717) is 5.95 Å². The molecule has 0 fully saturated rings. The molecule has 2 aromatic rings. The summed E-state index contributed by atoms with van der Waals surface area (Å²) in [5.41, 5.74) is 6.51. The van der Waals surface area contributed by atoms with Crippen LogP contribution in [0, 0.1) is 0 Å². The summed E-state index contributed by atoms with van der Waals surface area (Å²) >= 11 is 0. The second-order valence-corrected chi connectivity index (χ2v) is 3.07. The molecule has 0 spiro atoms. The van der Waals surface area contributed by atoms with Crippen LogP contribution in [0.25, 0.3) is 5.69 Å². The van der Waals surface area contributed by atoms with E-state index in [2.05, 4.69) is 15.4 Å². The number of aromatic nitrogens is 3. The Morgan fingerprint density at radius 1 is 1.33 bits per heavy atom. The molecule has 3 N–H and O–H groups in total. The van der Waals surface area contributed by atoms with Crippen molar-refractivity contribution in [3.05, 3.63) is 30.3 Å². The van der Waals surface area contributed by atoms with Crippen molar-refractivity contribution < 1.29 is 0 Å². The van der Waals surface area contributed by atoms with Gasteiger partial charge in [-0.05, 0) is 19.1 Å². The van der Waals surface area contributed by atoms with Crippen LogP contribution in [0.15, 0.2) is 30.3 Å². The highest BCUT2D eigenvalue weighted by Crippen LogP contribution is 2.13. The quantitative estimate of drug-likeness (QED) is 0.788. The van der Waals surface area contributed by atoms with Gasteiger partial charge in [-0.2, -0.15) is 9.67 Å². The van der Waals surface area contributed by atoms with Crippen molar-refractivity contribution >= 4 is 11.9 Å². The van der Waals surface area contributed by atoms with Crippen molar-refractivity contribution in [2.75, 3.05) is 17.6 Å². The lowest BCUT2D eigenvalue weighted by atomic mass is 10.3. The highest BCUT2D eigenvalue weighted by molar-refractivity contribution is 5.42. The topological polar surface area (TPSA) is 68.8 Å². The molecule has 0 saturated carbocycles. The van der Waals surface area contributed by atoms with E-state index in [1.54, 1.807) is 4.68 Å². The van der Waals surface area contributed by atoms with E-state index >= 15 is 0 Å². The number of hydrogen-bond donors (Lipinski definition) is 2. The fourth-order valence-electron chi connectivity index (χ4n) is 1.35. The fourth-order valence-corrected chi connectivity index (χ4v) is 1.35. The second kappa shape index (κ2) is 4.00. The first-order valence-electron chi connectivity index (χ1n) is 4.83. The zero-order valence-electron chi connectivity index (χ0n) is 8.51. The smallest absolute Gasteiger partial charge is 0.241 e. The van der Waals surface area contributed by atoms with Crippen LogP contribution in [-0.2, 0) is 0 Å². The Morgan fingerprint density at radius 2 is 2.07 bits per heavy atom. The predicted molar refractivity (Wildman–Crippen MR) is 59.9 cm³/mol. The van der Waals surface area contributed by atoms with E-state index in [4.69, 9.17) is 5.73 Å². The summed E-state index contributed by atoms with van der Waals surface area (Å²) in [7, 11) is 0. The van der Waals surface area contributed by atoms with Gasteiger partial charge >= 0.3 is 0 Å². The Kier molecular flexibility index (Phi) is 2.53. The maximum atomic E-state index is 5.56. The molecule has 0 aliphatic rings. The van der Waals surface area contributed by atoms with Crippen LogP contribution in [0.1, 0.15) is 6.92 Å². The molecule has 0 bridgehead atoms. The van der Waals surface area contributed by atoms with Gasteiger partial charge in [0.25, 0.3) is 0 Å². The summed E-state index contributed by atoms with van der Waals surface area (Å²) in [6.07, 6.45) is 0. The number of rotatable bonds is 3. The Labute approximate surface area is 87.9 Å². The molecule has 0 radical (unpaired) electrons. The molecule has 0 saturated heterocycles. The van der Waals surface area contributed by atoms with E-state index in [1.807, 2.05) is 37.3 Å². The van der Waals surface area contributed by atoms with E-state index in [-0.39, 0.29) is 5.95 Å². The van der Waals surface area contributed by atoms with Crippen LogP contribution in [0.5, 0.6) is 0 Å². The molecule has 1 heterocycles. The second-order valence-electron chi connectivity index (χ2n) is 3.07. The van der Waals surface area contributed by atoms with Gasteiger partial charge in [0.05, 0.1) is 5.69 Å². The van der Waals surface area contributed by atoms with Crippen molar-refractivity contribution in [3.8, 4) is 5.69 Å². The van der Waals surface area contributed by atoms with Gasteiger partial charge in [0.2, 0.25) is 11.9 Å². The fraction of sp³-hybridized carbons (Fsp3) is 0.200.